The predicted octanol–water partition coefficient (Wildman–Crippen LogP) is 9.56. The van der Waals surface area contributed by atoms with Crippen LogP contribution in [-0.4, -0.2) is 42.3 Å². The fourth-order valence-corrected chi connectivity index (χ4v) is 7.44. The minimum absolute atomic E-state index is 0.352. The number of hydrogen-bond acceptors (Lipinski definition) is 5. The first kappa shape index (κ1) is 35.7. The first-order valence-electron chi connectivity index (χ1n) is 19.3. The molecular formula is C48H44N6O. The summed E-state index contributed by atoms with van der Waals surface area (Å²) < 4.78 is 10.4. The molecule has 0 spiro atoms. The summed E-state index contributed by atoms with van der Waals surface area (Å²) in [4.78, 5) is 18.7. The Morgan fingerprint density at radius 2 is 0.945 bits per heavy atom. The van der Waals surface area contributed by atoms with Gasteiger partial charge in [-0.3, -0.25) is 9.97 Å². The molecule has 4 aromatic heterocycles. The lowest BCUT2D eigenvalue weighted by Gasteiger charge is -2.09. The van der Waals surface area contributed by atoms with Gasteiger partial charge in [0.1, 0.15) is 35.9 Å². The second-order valence-electron chi connectivity index (χ2n) is 14.0. The average molecular weight is 721 g/mol. The number of para-hydroxylation sites is 2. The van der Waals surface area contributed by atoms with E-state index in [0.717, 1.165) is 96.5 Å². The molecule has 7 nitrogen and oxygen atoms in total. The van der Waals surface area contributed by atoms with Gasteiger partial charge >= 0.3 is 0 Å². The smallest absolute Gasteiger partial charge is 0.109 e. The molecule has 0 bridgehead atoms. The van der Waals surface area contributed by atoms with Crippen LogP contribution in [0.1, 0.15) is 59.6 Å². The number of aromatic nitrogens is 6. The van der Waals surface area contributed by atoms with Gasteiger partial charge in [-0.1, -0.05) is 84.3 Å². The highest BCUT2D eigenvalue weighted by Gasteiger charge is 2.13. The van der Waals surface area contributed by atoms with Crippen LogP contribution in [0.2, 0.25) is 0 Å². The molecule has 0 atom stereocenters. The Bertz CT molecular complexity index is 2530. The van der Waals surface area contributed by atoms with Crippen LogP contribution in [0.3, 0.4) is 0 Å². The lowest BCUT2D eigenvalue weighted by atomic mass is 10.1. The lowest BCUT2D eigenvalue weighted by molar-refractivity contribution is 0.204. The summed E-state index contributed by atoms with van der Waals surface area (Å²) >= 11 is 0. The van der Waals surface area contributed by atoms with E-state index in [2.05, 4.69) is 142 Å². The van der Waals surface area contributed by atoms with Crippen molar-refractivity contribution in [2.45, 2.75) is 65.5 Å². The number of nitrogens with zero attached hydrogens (tertiary/aromatic N) is 6. The topological polar surface area (TPSA) is 70.7 Å². The van der Waals surface area contributed by atoms with Gasteiger partial charge in [0.25, 0.3) is 0 Å². The van der Waals surface area contributed by atoms with Crippen LogP contribution in [0.5, 0.6) is 0 Å². The zero-order valence-electron chi connectivity index (χ0n) is 31.6. The van der Waals surface area contributed by atoms with Crippen LogP contribution < -0.4 is 0 Å². The van der Waals surface area contributed by atoms with Crippen molar-refractivity contribution in [2.24, 2.45) is 0 Å². The zero-order chi connectivity index (χ0) is 37.4. The van der Waals surface area contributed by atoms with Gasteiger partial charge in [-0.25, -0.2) is 9.97 Å². The third-order valence-corrected chi connectivity index (χ3v) is 10.3. The zero-order valence-corrected chi connectivity index (χ0v) is 31.6. The number of pyridine rings is 2. The highest BCUT2D eigenvalue weighted by molar-refractivity contribution is 6.03. The van der Waals surface area contributed by atoms with Crippen molar-refractivity contribution in [3.05, 3.63) is 143 Å². The van der Waals surface area contributed by atoms with E-state index in [1.807, 2.05) is 24.5 Å². The maximum atomic E-state index is 5.67. The van der Waals surface area contributed by atoms with E-state index < -0.39 is 0 Å². The minimum Gasteiger partial charge on any atom is -0.356 e. The minimum atomic E-state index is 0.352. The molecule has 4 heterocycles. The second-order valence-corrected chi connectivity index (χ2v) is 14.0. The molecule has 272 valence electrons. The molecule has 7 heteroatoms. The Hall–Kier alpha value is -6.28. The summed E-state index contributed by atoms with van der Waals surface area (Å²) in [6.45, 7) is 6.76. The molecule has 0 aliphatic rings. The number of rotatable bonds is 12. The van der Waals surface area contributed by atoms with Gasteiger partial charge < -0.3 is 13.9 Å². The number of ether oxygens (including phenoxy) is 1. The van der Waals surface area contributed by atoms with Crippen LogP contribution in [0, 0.1) is 37.5 Å². The molecule has 0 aliphatic carbocycles. The van der Waals surface area contributed by atoms with E-state index >= 15 is 0 Å². The van der Waals surface area contributed by atoms with E-state index in [1.54, 1.807) is 0 Å². The number of fused-ring (bicyclic) bond motifs is 6. The van der Waals surface area contributed by atoms with Crippen molar-refractivity contribution >= 4 is 43.9 Å². The summed E-state index contributed by atoms with van der Waals surface area (Å²) in [5.41, 5.74) is 11.0. The van der Waals surface area contributed by atoms with Crippen molar-refractivity contribution < 1.29 is 4.74 Å². The van der Waals surface area contributed by atoms with E-state index in [9.17, 15) is 0 Å². The van der Waals surface area contributed by atoms with Crippen LogP contribution in [0.4, 0.5) is 0 Å². The third-order valence-electron chi connectivity index (χ3n) is 10.3. The summed E-state index contributed by atoms with van der Waals surface area (Å²) in [5.74, 6) is 14.7. The van der Waals surface area contributed by atoms with E-state index in [0.29, 0.717) is 13.2 Å². The number of unbranched alkanes of at least 4 members (excludes halogenated alkanes) is 2. The molecule has 8 aromatic rings. The van der Waals surface area contributed by atoms with E-state index in [-0.39, 0.29) is 0 Å². The molecule has 0 radical (unpaired) electrons. The molecular weight excluding hydrogens is 677 g/mol. The Labute approximate surface area is 322 Å². The molecule has 0 unspecified atom stereocenters. The molecule has 0 amide bonds. The Morgan fingerprint density at radius 1 is 0.509 bits per heavy atom. The Morgan fingerprint density at radius 3 is 1.40 bits per heavy atom. The SMILES string of the molecule is Cc1nc2cnc3ccccc3c2n1CCCCc1ccc(C#CCOCC#Cc2ccc(CCCCn3c(C)nc4cnc5ccccc5c43)cc2)cc1. The highest BCUT2D eigenvalue weighted by atomic mass is 16.5. The maximum Gasteiger partial charge on any atom is 0.109 e. The number of hydrogen-bond donors (Lipinski definition) is 0. The van der Waals surface area contributed by atoms with Crippen LogP contribution in [-0.2, 0) is 30.7 Å². The van der Waals surface area contributed by atoms with Gasteiger partial charge in [-0.2, -0.15) is 0 Å². The van der Waals surface area contributed by atoms with Crippen molar-refractivity contribution in [1.82, 2.24) is 29.1 Å². The van der Waals surface area contributed by atoms with Crippen molar-refractivity contribution in [3.8, 4) is 23.7 Å². The van der Waals surface area contributed by atoms with Gasteiger partial charge in [-0.15, -0.1) is 0 Å². The van der Waals surface area contributed by atoms with Crippen molar-refractivity contribution in [2.75, 3.05) is 13.2 Å². The van der Waals surface area contributed by atoms with Crippen LogP contribution in [0.15, 0.2) is 109 Å². The monoisotopic (exact) mass is 720 g/mol. The molecule has 55 heavy (non-hydrogen) atoms. The summed E-state index contributed by atoms with van der Waals surface area (Å²) in [6, 6.07) is 33.7. The fourth-order valence-electron chi connectivity index (χ4n) is 7.44. The van der Waals surface area contributed by atoms with Crippen molar-refractivity contribution in [3.63, 3.8) is 0 Å². The molecule has 0 fully saturated rings. The number of imidazole rings is 2. The average Bonchev–Trinajstić information content (AvgIpc) is 3.73. The molecule has 0 aliphatic heterocycles. The summed E-state index contributed by atoms with van der Waals surface area (Å²) in [7, 11) is 0. The highest BCUT2D eigenvalue weighted by Crippen LogP contribution is 2.26. The maximum absolute atomic E-state index is 5.67. The van der Waals surface area contributed by atoms with E-state index in [1.165, 1.54) is 32.9 Å². The van der Waals surface area contributed by atoms with Crippen LogP contribution in [0.25, 0.3) is 43.9 Å². The third kappa shape index (κ3) is 8.29. The Balaban J connectivity index is 0.734. The summed E-state index contributed by atoms with van der Waals surface area (Å²) in [6.07, 6.45) is 10.2. The van der Waals surface area contributed by atoms with E-state index in [4.69, 9.17) is 14.7 Å². The largest absolute Gasteiger partial charge is 0.356 e. The first-order chi connectivity index (χ1) is 27.1. The molecule has 0 saturated carbocycles. The first-order valence-corrected chi connectivity index (χ1v) is 19.3. The van der Waals surface area contributed by atoms with Gasteiger partial charge in [0.2, 0.25) is 0 Å². The fraction of sp³-hybridized carbons (Fsp3) is 0.250. The normalized spacial score (nSPS) is 11.2. The Kier molecular flexibility index (Phi) is 10.9. The molecule has 4 aromatic carbocycles. The number of aryl methyl sites for hydroxylation is 6. The molecule has 0 saturated heterocycles. The van der Waals surface area contributed by atoms with Gasteiger partial charge in [0, 0.05) is 35.0 Å². The van der Waals surface area contributed by atoms with Crippen molar-refractivity contribution in [1.29, 1.82) is 0 Å². The second kappa shape index (κ2) is 16.8. The van der Waals surface area contributed by atoms with Gasteiger partial charge in [-0.05, 0) is 99.9 Å². The number of benzene rings is 4. The molecule has 0 N–H and O–H groups in total. The standard InChI is InChI=1S/C48H44N6O/c1-35-51-45-33-49-43-19-5-3-17-41(43)47(45)53(35)29-9-7-13-37-21-25-39(26-22-37)15-11-31-55-32-12-16-40-27-23-38(24-28-40)14-8-10-30-54-36(2)52-46-34-50-44-20-6-4-18-42(44)48(46)54/h3-6,17-28,33-34H,7-10,13-14,29-32H2,1-2H3. The quantitative estimate of drug-likeness (QED) is 0.0929. The summed E-state index contributed by atoms with van der Waals surface area (Å²) in [5, 5.41) is 2.33. The predicted molar refractivity (Wildman–Crippen MR) is 223 cm³/mol. The van der Waals surface area contributed by atoms with Gasteiger partial charge in [0.05, 0.1) is 34.5 Å². The van der Waals surface area contributed by atoms with Gasteiger partial charge in [0.15, 0.2) is 0 Å². The van der Waals surface area contributed by atoms with Crippen LogP contribution >= 0.6 is 0 Å². The lowest BCUT2D eigenvalue weighted by Crippen LogP contribution is -2.02. The molecule has 8 rings (SSSR count).